The van der Waals surface area contributed by atoms with Gasteiger partial charge in [0.15, 0.2) is 6.61 Å². The Labute approximate surface area is 169 Å². The number of carbonyl (C=O) groups is 3. The van der Waals surface area contributed by atoms with Gasteiger partial charge in [-0.05, 0) is 43.2 Å². The highest BCUT2D eigenvalue weighted by atomic mass is 16.5. The van der Waals surface area contributed by atoms with E-state index < -0.39 is 5.97 Å². The molecule has 29 heavy (non-hydrogen) atoms. The summed E-state index contributed by atoms with van der Waals surface area (Å²) in [5, 5.41) is 2.96. The van der Waals surface area contributed by atoms with Gasteiger partial charge in [0.2, 0.25) is 0 Å². The molecular formula is C22H24N2O5. The number of rotatable bonds is 6. The summed E-state index contributed by atoms with van der Waals surface area (Å²) in [6, 6.07) is 15.8. The summed E-state index contributed by atoms with van der Waals surface area (Å²) in [6.07, 6.45) is 1.35. The van der Waals surface area contributed by atoms with E-state index in [1.165, 1.54) is 6.92 Å². The standard InChI is InChI=1S/C22H24N2O5/c1-16(25)29-20-9-5-6-17(14-20)22(27)24-12-10-18(11-13-24)23-21(26)15-28-19-7-3-2-4-8-19/h2-9,14,18H,10-13,15H2,1H3,(H,23,26). The molecule has 1 N–H and O–H groups in total. The fraction of sp³-hybridized carbons (Fsp3) is 0.318. The Bertz CT molecular complexity index is 861. The number of esters is 1. The van der Waals surface area contributed by atoms with Crippen LogP contribution in [0.25, 0.3) is 0 Å². The molecule has 2 amide bonds. The number of para-hydroxylation sites is 1. The molecular weight excluding hydrogens is 372 g/mol. The molecule has 2 aromatic carbocycles. The van der Waals surface area contributed by atoms with E-state index in [0.29, 0.717) is 43.0 Å². The van der Waals surface area contributed by atoms with Gasteiger partial charge in [-0.3, -0.25) is 14.4 Å². The summed E-state index contributed by atoms with van der Waals surface area (Å²) >= 11 is 0. The van der Waals surface area contributed by atoms with Gasteiger partial charge in [-0.2, -0.15) is 0 Å². The van der Waals surface area contributed by atoms with E-state index in [1.807, 2.05) is 18.2 Å². The van der Waals surface area contributed by atoms with Crippen LogP contribution in [0.1, 0.15) is 30.1 Å². The minimum atomic E-state index is -0.428. The Kier molecular flexibility index (Phi) is 6.84. The molecule has 7 heteroatoms. The monoisotopic (exact) mass is 396 g/mol. The largest absolute Gasteiger partial charge is 0.484 e. The fourth-order valence-corrected chi connectivity index (χ4v) is 3.20. The van der Waals surface area contributed by atoms with Gasteiger partial charge in [0.1, 0.15) is 11.5 Å². The van der Waals surface area contributed by atoms with Crippen LogP contribution in [-0.2, 0) is 9.59 Å². The number of amides is 2. The van der Waals surface area contributed by atoms with Gasteiger partial charge in [0.05, 0.1) is 0 Å². The van der Waals surface area contributed by atoms with Crippen LogP contribution in [0.2, 0.25) is 0 Å². The number of benzene rings is 2. The van der Waals surface area contributed by atoms with Crippen LogP contribution in [0.3, 0.4) is 0 Å². The van der Waals surface area contributed by atoms with Crippen molar-refractivity contribution >= 4 is 17.8 Å². The first kappa shape index (κ1) is 20.4. The third kappa shape index (κ3) is 6.07. The number of piperidine rings is 1. The van der Waals surface area contributed by atoms with E-state index in [4.69, 9.17) is 9.47 Å². The van der Waals surface area contributed by atoms with Crippen molar-refractivity contribution in [1.82, 2.24) is 10.2 Å². The van der Waals surface area contributed by atoms with Gasteiger partial charge in [-0.15, -0.1) is 0 Å². The van der Waals surface area contributed by atoms with Crippen LogP contribution in [0.4, 0.5) is 0 Å². The summed E-state index contributed by atoms with van der Waals surface area (Å²) in [5.41, 5.74) is 0.475. The van der Waals surface area contributed by atoms with Crippen molar-refractivity contribution in [3.05, 3.63) is 60.2 Å². The van der Waals surface area contributed by atoms with E-state index in [0.717, 1.165) is 0 Å². The number of likely N-dealkylation sites (tertiary alicyclic amines) is 1. The molecule has 0 aliphatic carbocycles. The summed E-state index contributed by atoms with van der Waals surface area (Å²) in [6.45, 7) is 2.37. The van der Waals surface area contributed by atoms with Gasteiger partial charge < -0.3 is 19.7 Å². The molecule has 1 heterocycles. The summed E-state index contributed by atoms with van der Waals surface area (Å²) in [7, 11) is 0. The lowest BCUT2D eigenvalue weighted by atomic mass is 10.0. The third-order valence-corrected chi connectivity index (χ3v) is 4.60. The zero-order valence-electron chi connectivity index (χ0n) is 16.3. The van der Waals surface area contributed by atoms with E-state index in [9.17, 15) is 14.4 Å². The van der Waals surface area contributed by atoms with Gasteiger partial charge >= 0.3 is 5.97 Å². The predicted octanol–water partition coefficient (Wildman–Crippen LogP) is 2.41. The minimum absolute atomic E-state index is 0.0123. The molecule has 1 aliphatic rings. The van der Waals surface area contributed by atoms with Gasteiger partial charge in [0.25, 0.3) is 11.8 Å². The van der Waals surface area contributed by atoms with E-state index in [1.54, 1.807) is 41.3 Å². The van der Waals surface area contributed by atoms with E-state index in [2.05, 4.69) is 5.32 Å². The highest BCUT2D eigenvalue weighted by Crippen LogP contribution is 2.18. The second-order valence-electron chi connectivity index (χ2n) is 6.86. The van der Waals surface area contributed by atoms with Crippen LogP contribution < -0.4 is 14.8 Å². The molecule has 0 radical (unpaired) electrons. The molecule has 0 unspecified atom stereocenters. The highest BCUT2D eigenvalue weighted by Gasteiger charge is 2.25. The molecule has 2 aromatic rings. The predicted molar refractivity (Wildman–Crippen MR) is 107 cm³/mol. The van der Waals surface area contributed by atoms with Crippen molar-refractivity contribution in [1.29, 1.82) is 0 Å². The minimum Gasteiger partial charge on any atom is -0.484 e. The first-order chi connectivity index (χ1) is 14.0. The average molecular weight is 396 g/mol. The second-order valence-corrected chi connectivity index (χ2v) is 6.86. The summed E-state index contributed by atoms with van der Waals surface area (Å²) in [4.78, 5) is 37.6. The molecule has 0 atom stereocenters. The fourth-order valence-electron chi connectivity index (χ4n) is 3.20. The van der Waals surface area contributed by atoms with Crippen molar-refractivity contribution < 1.29 is 23.9 Å². The Morgan fingerprint density at radius 2 is 1.69 bits per heavy atom. The van der Waals surface area contributed by atoms with Crippen molar-refractivity contribution in [3.63, 3.8) is 0 Å². The van der Waals surface area contributed by atoms with Crippen molar-refractivity contribution in [2.75, 3.05) is 19.7 Å². The lowest BCUT2D eigenvalue weighted by Gasteiger charge is -2.32. The molecule has 152 valence electrons. The topological polar surface area (TPSA) is 84.9 Å². The maximum Gasteiger partial charge on any atom is 0.308 e. The van der Waals surface area contributed by atoms with Crippen LogP contribution >= 0.6 is 0 Å². The quantitative estimate of drug-likeness (QED) is 0.599. The van der Waals surface area contributed by atoms with E-state index >= 15 is 0 Å². The lowest BCUT2D eigenvalue weighted by Crippen LogP contribution is -2.47. The molecule has 7 nitrogen and oxygen atoms in total. The maximum absolute atomic E-state index is 12.7. The molecule has 3 rings (SSSR count). The lowest BCUT2D eigenvalue weighted by molar-refractivity contribution is -0.132. The third-order valence-electron chi connectivity index (χ3n) is 4.60. The van der Waals surface area contributed by atoms with Crippen LogP contribution in [0.5, 0.6) is 11.5 Å². The van der Waals surface area contributed by atoms with Gasteiger partial charge in [0, 0.05) is 31.6 Å². The van der Waals surface area contributed by atoms with Crippen molar-refractivity contribution in [3.8, 4) is 11.5 Å². The Balaban J connectivity index is 1.45. The molecule has 0 spiro atoms. The first-order valence-corrected chi connectivity index (χ1v) is 9.56. The van der Waals surface area contributed by atoms with E-state index in [-0.39, 0.29) is 24.5 Å². The molecule has 0 saturated carbocycles. The molecule has 1 saturated heterocycles. The zero-order chi connectivity index (χ0) is 20.6. The van der Waals surface area contributed by atoms with Crippen LogP contribution in [0.15, 0.2) is 54.6 Å². The van der Waals surface area contributed by atoms with Crippen molar-refractivity contribution in [2.45, 2.75) is 25.8 Å². The van der Waals surface area contributed by atoms with Crippen LogP contribution in [-0.4, -0.2) is 48.4 Å². The SMILES string of the molecule is CC(=O)Oc1cccc(C(=O)N2CCC(NC(=O)COc3ccccc3)CC2)c1. The molecule has 0 bridgehead atoms. The molecule has 1 aliphatic heterocycles. The maximum atomic E-state index is 12.7. The first-order valence-electron chi connectivity index (χ1n) is 9.56. The Morgan fingerprint density at radius 1 is 1.00 bits per heavy atom. The number of hydrogen-bond acceptors (Lipinski definition) is 5. The Morgan fingerprint density at radius 3 is 2.38 bits per heavy atom. The molecule has 1 fully saturated rings. The smallest absolute Gasteiger partial charge is 0.308 e. The highest BCUT2D eigenvalue weighted by molar-refractivity contribution is 5.94. The average Bonchev–Trinajstić information content (AvgIpc) is 2.73. The number of hydrogen-bond donors (Lipinski definition) is 1. The number of ether oxygens (including phenoxy) is 2. The summed E-state index contributed by atoms with van der Waals surface area (Å²) < 4.78 is 10.5. The number of carbonyl (C=O) groups excluding carboxylic acids is 3. The van der Waals surface area contributed by atoms with Crippen LogP contribution in [0, 0.1) is 0 Å². The molecule has 0 aromatic heterocycles. The zero-order valence-corrected chi connectivity index (χ0v) is 16.3. The van der Waals surface area contributed by atoms with Gasteiger partial charge in [-0.1, -0.05) is 24.3 Å². The Hall–Kier alpha value is -3.35. The number of nitrogens with zero attached hydrogens (tertiary/aromatic N) is 1. The second kappa shape index (κ2) is 9.73. The van der Waals surface area contributed by atoms with Crippen molar-refractivity contribution in [2.24, 2.45) is 0 Å². The number of nitrogens with one attached hydrogen (secondary N) is 1. The normalized spacial score (nSPS) is 14.2. The summed E-state index contributed by atoms with van der Waals surface area (Å²) in [5.74, 6) is 0.286. The van der Waals surface area contributed by atoms with Gasteiger partial charge in [-0.25, -0.2) is 0 Å².